The second kappa shape index (κ2) is 7.94. The molecule has 0 N–H and O–H groups in total. The third-order valence-corrected chi connectivity index (χ3v) is 5.48. The smallest absolute Gasteiger partial charge is 0.344 e. The predicted octanol–water partition coefficient (Wildman–Crippen LogP) is 3.49. The molecule has 0 radical (unpaired) electrons. The maximum absolute atomic E-state index is 12.4. The zero-order valence-corrected chi connectivity index (χ0v) is 16.1. The topological polar surface area (TPSA) is 76.0 Å². The third-order valence-electron chi connectivity index (χ3n) is 3.90. The molecule has 6 nitrogen and oxygen atoms in total. The van der Waals surface area contributed by atoms with Crippen LogP contribution in [0.15, 0.2) is 70.8 Å². The lowest BCUT2D eigenvalue weighted by Crippen LogP contribution is -2.31. The van der Waals surface area contributed by atoms with Gasteiger partial charge in [0.2, 0.25) is 0 Å². The van der Waals surface area contributed by atoms with Crippen molar-refractivity contribution in [3.63, 3.8) is 0 Å². The first-order valence-corrected chi connectivity index (χ1v) is 9.89. The zero-order valence-electron chi connectivity index (χ0n) is 14.5. The van der Waals surface area contributed by atoms with Gasteiger partial charge >= 0.3 is 16.2 Å². The van der Waals surface area contributed by atoms with Gasteiger partial charge in [-0.1, -0.05) is 54.1 Å². The quantitative estimate of drug-likeness (QED) is 0.715. The van der Waals surface area contributed by atoms with Gasteiger partial charge in [0.15, 0.2) is 0 Å². The van der Waals surface area contributed by atoms with Crippen molar-refractivity contribution in [1.29, 1.82) is 0 Å². The summed E-state index contributed by atoms with van der Waals surface area (Å²) in [7, 11) is -3.89. The van der Waals surface area contributed by atoms with Gasteiger partial charge in [-0.15, -0.1) is 4.40 Å². The number of rotatable bonds is 5. The van der Waals surface area contributed by atoms with Gasteiger partial charge in [-0.2, -0.15) is 8.42 Å². The number of hydrogen-bond acceptors (Lipinski definition) is 4. The number of carbonyl (C=O) groups excluding carboxylic acids is 1. The van der Waals surface area contributed by atoms with E-state index in [0.717, 1.165) is 15.4 Å². The Kier molecular flexibility index (Phi) is 5.62. The first kappa shape index (κ1) is 19.1. The Morgan fingerprint density at radius 3 is 2.41 bits per heavy atom. The summed E-state index contributed by atoms with van der Waals surface area (Å²) in [5, 5.41) is 0.588. The van der Waals surface area contributed by atoms with Crippen LogP contribution in [0.5, 0.6) is 0 Å². The van der Waals surface area contributed by atoms with Crippen LogP contribution in [0, 0.1) is 0 Å². The van der Waals surface area contributed by atoms with Crippen molar-refractivity contribution in [2.75, 3.05) is 0 Å². The highest BCUT2D eigenvalue weighted by atomic mass is 35.5. The van der Waals surface area contributed by atoms with E-state index in [1.165, 1.54) is 13.1 Å². The van der Waals surface area contributed by atoms with Crippen LogP contribution in [0.3, 0.4) is 0 Å². The van der Waals surface area contributed by atoms with E-state index in [4.69, 9.17) is 16.3 Å². The molecular weight excluding hydrogens is 388 g/mol. The number of ether oxygens (including phenoxy) is 1. The van der Waals surface area contributed by atoms with Crippen molar-refractivity contribution in [3.8, 4) is 0 Å². The van der Waals surface area contributed by atoms with E-state index in [2.05, 4.69) is 4.40 Å². The fourth-order valence-corrected chi connectivity index (χ4v) is 3.70. The minimum absolute atomic E-state index is 0.0477. The SMILES string of the molecule is CC1=NS(=O)(=O)N(Cc2ccccc2)C=C1C(=O)OCc1ccc(Cl)cc1. The molecule has 2 aromatic rings. The molecule has 140 valence electrons. The van der Waals surface area contributed by atoms with Gasteiger partial charge in [0.1, 0.15) is 6.61 Å². The average molecular weight is 405 g/mol. The summed E-state index contributed by atoms with van der Waals surface area (Å²) in [5.74, 6) is -0.640. The highest BCUT2D eigenvalue weighted by Gasteiger charge is 2.29. The molecule has 8 heteroatoms. The molecule has 1 heterocycles. The average Bonchev–Trinajstić information content (AvgIpc) is 2.63. The minimum Gasteiger partial charge on any atom is -0.457 e. The second-order valence-electron chi connectivity index (χ2n) is 5.93. The maximum Gasteiger partial charge on any atom is 0.344 e. The summed E-state index contributed by atoms with van der Waals surface area (Å²) in [4.78, 5) is 12.4. The molecule has 3 rings (SSSR count). The summed E-state index contributed by atoms with van der Waals surface area (Å²) in [6.45, 7) is 1.59. The summed E-state index contributed by atoms with van der Waals surface area (Å²) in [5.41, 5.74) is 1.75. The summed E-state index contributed by atoms with van der Waals surface area (Å²) < 4.78 is 34.6. The second-order valence-corrected chi connectivity index (χ2v) is 7.91. The van der Waals surface area contributed by atoms with Crippen molar-refractivity contribution in [3.05, 3.63) is 82.5 Å². The molecule has 1 aliphatic heterocycles. The molecule has 27 heavy (non-hydrogen) atoms. The number of benzene rings is 2. The summed E-state index contributed by atoms with van der Waals surface area (Å²) in [6, 6.07) is 16.0. The lowest BCUT2D eigenvalue weighted by atomic mass is 10.2. The molecule has 0 amide bonds. The van der Waals surface area contributed by atoms with Gasteiger partial charge in [0.25, 0.3) is 0 Å². The molecule has 0 fully saturated rings. The molecule has 2 aromatic carbocycles. The van der Waals surface area contributed by atoms with Crippen LogP contribution in [-0.2, 0) is 32.9 Å². The molecule has 0 saturated heterocycles. The number of nitrogens with zero attached hydrogens (tertiary/aromatic N) is 2. The van der Waals surface area contributed by atoms with Crippen LogP contribution in [0.25, 0.3) is 0 Å². The monoisotopic (exact) mass is 404 g/mol. The largest absolute Gasteiger partial charge is 0.457 e. The molecule has 0 saturated carbocycles. The Morgan fingerprint density at radius 2 is 1.74 bits per heavy atom. The lowest BCUT2D eigenvalue weighted by Gasteiger charge is -2.23. The lowest BCUT2D eigenvalue weighted by molar-refractivity contribution is -0.139. The number of carbonyl (C=O) groups is 1. The first-order chi connectivity index (χ1) is 12.8. The summed E-state index contributed by atoms with van der Waals surface area (Å²) >= 11 is 5.83. The van der Waals surface area contributed by atoms with Gasteiger partial charge in [0.05, 0.1) is 17.8 Å². The fourth-order valence-electron chi connectivity index (χ4n) is 2.48. The molecule has 0 spiro atoms. The standard InChI is InChI=1S/C19H17ClN2O4S/c1-14-18(19(23)26-13-16-7-9-17(20)10-8-16)12-22(27(24,25)21-14)11-15-5-3-2-4-6-15/h2-10,12H,11,13H2,1H3. The van der Waals surface area contributed by atoms with Crippen LogP contribution in [-0.4, -0.2) is 24.4 Å². The normalized spacial score (nSPS) is 15.7. The highest BCUT2D eigenvalue weighted by Crippen LogP contribution is 2.20. The van der Waals surface area contributed by atoms with E-state index < -0.39 is 16.2 Å². The van der Waals surface area contributed by atoms with Crippen molar-refractivity contribution in [2.24, 2.45) is 4.40 Å². The van der Waals surface area contributed by atoms with Crippen molar-refractivity contribution < 1.29 is 17.9 Å². The Labute approximate surface area is 162 Å². The molecule has 0 bridgehead atoms. The van der Waals surface area contributed by atoms with Gasteiger partial charge in [-0.25, -0.2) is 4.79 Å². The zero-order chi connectivity index (χ0) is 19.4. The van der Waals surface area contributed by atoms with Crippen molar-refractivity contribution >= 4 is 33.5 Å². The number of hydrogen-bond donors (Lipinski definition) is 0. The molecule has 0 unspecified atom stereocenters. The highest BCUT2D eigenvalue weighted by molar-refractivity contribution is 7.88. The van der Waals surface area contributed by atoms with Gasteiger partial charge < -0.3 is 4.74 Å². The van der Waals surface area contributed by atoms with Crippen LogP contribution in [0.2, 0.25) is 5.02 Å². The van der Waals surface area contributed by atoms with Crippen LogP contribution >= 0.6 is 11.6 Å². The van der Waals surface area contributed by atoms with Gasteiger partial charge in [-0.05, 0) is 30.2 Å². The maximum atomic E-state index is 12.4. The van der Waals surface area contributed by atoms with Crippen LogP contribution in [0.4, 0.5) is 0 Å². The predicted molar refractivity (Wildman–Crippen MR) is 103 cm³/mol. The van der Waals surface area contributed by atoms with E-state index in [0.29, 0.717) is 5.02 Å². The van der Waals surface area contributed by atoms with Gasteiger partial charge in [-0.3, -0.25) is 4.31 Å². The van der Waals surface area contributed by atoms with E-state index >= 15 is 0 Å². The Morgan fingerprint density at radius 1 is 1.07 bits per heavy atom. The van der Waals surface area contributed by atoms with E-state index in [1.54, 1.807) is 36.4 Å². The van der Waals surface area contributed by atoms with Crippen LogP contribution in [0.1, 0.15) is 18.1 Å². The van der Waals surface area contributed by atoms with E-state index in [9.17, 15) is 13.2 Å². The Balaban J connectivity index is 1.76. The fraction of sp³-hybridized carbons (Fsp3) is 0.158. The van der Waals surface area contributed by atoms with E-state index in [-0.39, 0.29) is 24.4 Å². The molecule has 0 aromatic heterocycles. The molecule has 1 aliphatic rings. The number of esters is 1. The molecule has 0 aliphatic carbocycles. The molecule has 0 atom stereocenters. The van der Waals surface area contributed by atoms with Gasteiger partial charge in [0, 0.05) is 11.2 Å². The van der Waals surface area contributed by atoms with E-state index in [1.807, 2.05) is 18.2 Å². The van der Waals surface area contributed by atoms with Crippen LogP contribution < -0.4 is 0 Å². The molecular formula is C19H17ClN2O4S. The Bertz CT molecular complexity index is 1000. The van der Waals surface area contributed by atoms with Crippen molar-refractivity contribution in [1.82, 2.24) is 4.31 Å². The summed E-state index contributed by atoms with van der Waals surface area (Å²) in [6.07, 6.45) is 1.27. The minimum atomic E-state index is -3.89. The third kappa shape index (κ3) is 4.75. The first-order valence-electron chi connectivity index (χ1n) is 8.11. The number of halogens is 1. The van der Waals surface area contributed by atoms with Crippen molar-refractivity contribution in [2.45, 2.75) is 20.1 Å². The Hall–Kier alpha value is -2.64.